The van der Waals surface area contributed by atoms with E-state index in [1.54, 1.807) is 6.20 Å². The van der Waals surface area contributed by atoms with Crippen LogP contribution < -0.4 is 5.32 Å². The predicted octanol–water partition coefficient (Wildman–Crippen LogP) is 3.47. The van der Waals surface area contributed by atoms with Crippen LogP contribution in [0.2, 0.25) is 0 Å². The average Bonchev–Trinajstić information content (AvgIpc) is 3.26. The van der Waals surface area contributed by atoms with E-state index in [4.69, 9.17) is 4.11 Å². The van der Waals surface area contributed by atoms with Gasteiger partial charge in [-0.1, -0.05) is 0 Å². The number of fused-ring (bicyclic) bond motifs is 2. The first kappa shape index (κ1) is 9.99. The molecule has 0 aliphatic heterocycles. The lowest BCUT2D eigenvalue weighted by atomic mass is 10.1. The number of benzene rings is 1. The second kappa shape index (κ2) is 4.55. The third-order valence-corrected chi connectivity index (χ3v) is 4.26. The van der Waals surface area contributed by atoms with Crippen molar-refractivity contribution >= 4 is 33.4 Å². The third kappa shape index (κ3) is 1.98. The average molecular weight is 307 g/mol. The molecule has 1 aliphatic carbocycles. The maximum absolute atomic E-state index is 7.79. The molecule has 0 spiro atoms. The second-order valence-corrected chi connectivity index (χ2v) is 5.90. The number of aromatic amines is 1. The first-order chi connectivity index (χ1) is 12.5. The molecule has 5 rings (SSSR count). The molecule has 6 heteroatoms. The Hall–Kier alpha value is -2.89. The standard InChI is InChI=1S/C17H16N6/c1-23-14-9-11(6-7-12(14)15(22-23)10-4-5-10)19-17-16-13(20-21-17)3-2-8-18-16/h2-3,6-10H,4-5H2,1H3,(H2,19,20,21)/i1D3. The van der Waals surface area contributed by atoms with E-state index in [0.717, 1.165) is 45.3 Å². The van der Waals surface area contributed by atoms with E-state index in [9.17, 15) is 0 Å². The summed E-state index contributed by atoms with van der Waals surface area (Å²) in [4.78, 5) is 4.33. The molecular weight excluding hydrogens is 288 g/mol. The first-order valence-electron chi connectivity index (χ1n) is 9.10. The van der Waals surface area contributed by atoms with Crippen LogP contribution in [0.3, 0.4) is 0 Å². The lowest BCUT2D eigenvalue weighted by Crippen LogP contribution is -1.94. The SMILES string of the molecule is [2H]C([2H])([2H])n1nc(C2CC2)c2ccc(Nc3n[nH]c4cccnc34)cc21. The first-order valence-corrected chi connectivity index (χ1v) is 7.60. The van der Waals surface area contributed by atoms with Crippen molar-refractivity contribution < 1.29 is 4.11 Å². The van der Waals surface area contributed by atoms with Gasteiger partial charge in [0.25, 0.3) is 0 Å². The Balaban J connectivity index is 1.61. The Bertz CT molecular complexity index is 1120. The molecule has 4 aromatic rings. The fourth-order valence-electron chi connectivity index (χ4n) is 2.95. The number of hydrogen-bond acceptors (Lipinski definition) is 4. The van der Waals surface area contributed by atoms with Gasteiger partial charge in [0.1, 0.15) is 5.52 Å². The van der Waals surface area contributed by atoms with E-state index >= 15 is 0 Å². The van der Waals surface area contributed by atoms with Gasteiger partial charge in [-0.3, -0.25) is 14.8 Å². The zero-order valence-corrected chi connectivity index (χ0v) is 12.2. The summed E-state index contributed by atoms with van der Waals surface area (Å²) in [5.74, 6) is 0.974. The van der Waals surface area contributed by atoms with E-state index in [0.29, 0.717) is 17.3 Å². The summed E-state index contributed by atoms with van der Waals surface area (Å²) in [5.41, 5.74) is 3.79. The number of nitrogens with zero attached hydrogens (tertiary/aromatic N) is 4. The molecule has 114 valence electrons. The zero-order valence-electron chi connectivity index (χ0n) is 15.2. The maximum atomic E-state index is 7.79. The summed E-state index contributed by atoms with van der Waals surface area (Å²) >= 11 is 0. The molecule has 0 bridgehead atoms. The summed E-state index contributed by atoms with van der Waals surface area (Å²) in [5, 5.41) is 15.7. The third-order valence-electron chi connectivity index (χ3n) is 4.26. The normalized spacial score (nSPS) is 17.1. The van der Waals surface area contributed by atoms with Gasteiger partial charge in [0.05, 0.1) is 16.7 Å². The van der Waals surface area contributed by atoms with Crippen LogP contribution in [0, 0.1) is 0 Å². The summed E-state index contributed by atoms with van der Waals surface area (Å²) in [6.07, 6.45) is 3.84. The Kier molecular flexibility index (Phi) is 1.98. The Labute approximate surface area is 136 Å². The highest BCUT2D eigenvalue weighted by Crippen LogP contribution is 2.42. The molecular formula is C17H16N6. The van der Waals surface area contributed by atoms with E-state index < -0.39 is 6.98 Å². The summed E-state index contributed by atoms with van der Waals surface area (Å²) in [6, 6.07) is 9.40. The van der Waals surface area contributed by atoms with Crippen LogP contribution in [0.15, 0.2) is 36.5 Å². The summed E-state index contributed by atoms with van der Waals surface area (Å²) < 4.78 is 24.5. The molecule has 6 nitrogen and oxygen atoms in total. The number of nitrogens with one attached hydrogen (secondary N) is 2. The Morgan fingerprint density at radius 1 is 1.35 bits per heavy atom. The van der Waals surface area contributed by atoms with Crippen LogP contribution in [0.5, 0.6) is 0 Å². The number of H-pyrrole nitrogens is 1. The van der Waals surface area contributed by atoms with Gasteiger partial charge in [0.2, 0.25) is 0 Å². The molecule has 1 saturated carbocycles. The monoisotopic (exact) mass is 307 g/mol. The molecule has 0 amide bonds. The van der Waals surface area contributed by atoms with E-state index in [1.165, 1.54) is 0 Å². The highest BCUT2D eigenvalue weighted by molar-refractivity contribution is 5.90. The van der Waals surface area contributed by atoms with Gasteiger partial charge in [-0.15, -0.1) is 0 Å². The van der Waals surface area contributed by atoms with Crippen molar-refractivity contribution in [2.24, 2.45) is 6.98 Å². The minimum atomic E-state index is -2.31. The van der Waals surface area contributed by atoms with Crippen molar-refractivity contribution in [3.05, 3.63) is 42.2 Å². The molecule has 0 radical (unpaired) electrons. The Morgan fingerprint density at radius 3 is 3.17 bits per heavy atom. The molecule has 2 N–H and O–H groups in total. The summed E-state index contributed by atoms with van der Waals surface area (Å²) in [6.45, 7) is -2.31. The van der Waals surface area contributed by atoms with Crippen LogP contribution in [-0.2, 0) is 6.98 Å². The fourth-order valence-corrected chi connectivity index (χ4v) is 2.95. The lowest BCUT2D eigenvalue weighted by molar-refractivity contribution is 0.767. The zero-order chi connectivity index (χ0) is 17.9. The van der Waals surface area contributed by atoms with Crippen molar-refractivity contribution in [2.75, 3.05) is 5.32 Å². The van der Waals surface area contributed by atoms with Gasteiger partial charge in [-0.25, -0.2) is 0 Å². The molecule has 1 aromatic carbocycles. The van der Waals surface area contributed by atoms with E-state index in [-0.39, 0.29) is 0 Å². The minimum absolute atomic E-state index is 0.374. The number of aromatic nitrogens is 5. The quantitative estimate of drug-likeness (QED) is 0.608. The van der Waals surface area contributed by atoms with Crippen molar-refractivity contribution in [2.45, 2.75) is 18.8 Å². The molecule has 0 unspecified atom stereocenters. The molecule has 3 aromatic heterocycles. The molecule has 3 heterocycles. The minimum Gasteiger partial charge on any atom is -0.337 e. The van der Waals surface area contributed by atoms with Crippen molar-refractivity contribution in [1.82, 2.24) is 25.0 Å². The number of pyridine rings is 1. The smallest absolute Gasteiger partial charge is 0.178 e. The van der Waals surface area contributed by atoms with Crippen LogP contribution in [0.4, 0.5) is 11.5 Å². The van der Waals surface area contributed by atoms with Crippen molar-refractivity contribution in [3.63, 3.8) is 0 Å². The van der Waals surface area contributed by atoms with Crippen molar-refractivity contribution in [3.8, 4) is 0 Å². The number of rotatable bonds is 3. The predicted molar refractivity (Wildman–Crippen MR) is 89.9 cm³/mol. The van der Waals surface area contributed by atoms with E-state index in [1.807, 2.05) is 30.3 Å². The number of aryl methyl sites for hydroxylation is 1. The lowest BCUT2D eigenvalue weighted by Gasteiger charge is -2.04. The van der Waals surface area contributed by atoms with Gasteiger partial charge in [-0.05, 0) is 43.2 Å². The maximum Gasteiger partial charge on any atom is 0.178 e. The molecule has 0 saturated heterocycles. The van der Waals surface area contributed by atoms with Crippen molar-refractivity contribution in [1.29, 1.82) is 0 Å². The van der Waals surface area contributed by atoms with Gasteiger partial charge in [-0.2, -0.15) is 10.2 Å². The van der Waals surface area contributed by atoms with Gasteiger partial charge in [0, 0.05) is 34.3 Å². The van der Waals surface area contributed by atoms with Gasteiger partial charge in [0.15, 0.2) is 5.82 Å². The molecule has 0 atom stereocenters. The number of hydrogen-bond donors (Lipinski definition) is 2. The highest BCUT2D eigenvalue weighted by atomic mass is 15.3. The number of anilines is 2. The van der Waals surface area contributed by atoms with Crippen LogP contribution >= 0.6 is 0 Å². The van der Waals surface area contributed by atoms with E-state index in [2.05, 4.69) is 25.6 Å². The van der Waals surface area contributed by atoms with Crippen LogP contribution in [0.1, 0.15) is 28.6 Å². The molecule has 1 aliphatic rings. The van der Waals surface area contributed by atoms with Gasteiger partial charge >= 0.3 is 0 Å². The largest absolute Gasteiger partial charge is 0.337 e. The second-order valence-electron chi connectivity index (χ2n) is 5.90. The van der Waals surface area contributed by atoms with Gasteiger partial charge < -0.3 is 5.32 Å². The fraction of sp³-hybridized carbons (Fsp3) is 0.235. The summed E-state index contributed by atoms with van der Waals surface area (Å²) in [7, 11) is 0. The molecule has 1 fully saturated rings. The molecule has 23 heavy (non-hydrogen) atoms. The topological polar surface area (TPSA) is 71.4 Å². The highest BCUT2D eigenvalue weighted by Gasteiger charge is 2.28. The van der Waals surface area contributed by atoms with Crippen LogP contribution in [0.25, 0.3) is 21.9 Å². The van der Waals surface area contributed by atoms with Crippen LogP contribution in [-0.4, -0.2) is 25.0 Å². The Morgan fingerprint density at radius 2 is 2.30 bits per heavy atom.